The third-order valence-corrected chi connectivity index (χ3v) is 3.39. The van der Waals surface area contributed by atoms with E-state index >= 15 is 0 Å². The number of hydrazone groups is 1. The molecule has 7 heteroatoms. The third kappa shape index (κ3) is 3.32. The highest BCUT2D eigenvalue weighted by molar-refractivity contribution is 9.10. The Morgan fingerprint density at radius 2 is 2.14 bits per heavy atom. The van der Waals surface area contributed by atoms with Crippen molar-refractivity contribution < 1.29 is 9.21 Å². The van der Waals surface area contributed by atoms with Gasteiger partial charge in [0.15, 0.2) is 0 Å². The number of furan rings is 1. The normalized spacial score (nSPS) is 11.0. The smallest absolute Gasteiger partial charge is 0.289 e. The van der Waals surface area contributed by atoms with Crippen LogP contribution in [0.15, 0.2) is 62.7 Å². The number of hydrogen-bond donors (Lipinski definition) is 2. The molecule has 2 aromatic heterocycles. The average Bonchev–Trinajstić information content (AvgIpc) is 3.19. The molecule has 6 nitrogen and oxygen atoms in total. The minimum absolute atomic E-state index is 0.328. The number of benzene rings is 1. The molecule has 0 fully saturated rings. The van der Waals surface area contributed by atoms with Gasteiger partial charge in [-0.25, -0.2) is 5.43 Å². The van der Waals surface area contributed by atoms with Crippen LogP contribution >= 0.6 is 15.9 Å². The summed E-state index contributed by atoms with van der Waals surface area (Å²) in [5.41, 5.74) is 4.33. The summed E-state index contributed by atoms with van der Waals surface area (Å²) in [6, 6.07) is 12.8. The lowest BCUT2D eigenvalue weighted by molar-refractivity contribution is 0.0950. The predicted octanol–water partition coefficient (Wildman–Crippen LogP) is 3.20. The number of carbonyl (C=O) groups is 1. The molecule has 1 aromatic carbocycles. The Morgan fingerprint density at radius 1 is 1.32 bits per heavy atom. The van der Waals surface area contributed by atoms with Gasteiger partial charge in [0.05, 0.1) is 18.2 Å². The maximum absolute atomic E-state index is 11.9. The van der Waals surface area contributed by atoms with Crippen molar-refractivity contribution in [1.82, 2.24) is 15.6 Å². The largest absolute Gasteiger partial charge is 0.463 e. The zero-order valence-electron chi connectivity index (χ0n) is 11.3. The van der Waals surface area contributed by atoms with E-state index in [9.17, 15) is 4.79 Å². The number of hydrogen-bond acceptors (Lipinski definition) is 4. The van der Waals surface area contributed by atoms with Crippen molar-refractivity contribution >= 4 is 28.1 Å². The fourth-order valence-corrected chi connectivity index (χ4v) is 2.05. The summed E-state index contributed by atoms with van der Waals surface area (Å²) in [7, 11) is 0. The Balaban J connectivity index is 1.68. The Kier molecular flexibility index (Phi) is 4.15. The standard InChI is InChI=1S/C15H11BrN4O2/c16-11-5-3-10(4-6-11)13-8-14(19-18-13)15(21)20-17-9-12-2-1-7-22-12/h1-9H,(H,18,19)(H,20,21). The second-order valence-corrected chi connectivity index (χ2v) is 5.30. The van der Waals surface area contributed by atoms with Gasteiger partial charge >= 0.3 is 0 Å². The van der Waals surface area contributed by atoms with Gasteiger partial charge in [-0.05, 0) is 30.3 Å². The van der Waals surface area contributed by atoms with E-state index in [1.54, 1.807) is 18.2 Å². The van der Waals surface area contributed by atoms with Gasteiger partial charge in [0.2, 0.25) is 0 Å². The number of halogens is 1. The van der Waals surface area contributed by atoms with Crippen LogP contribution in [0.3, 0.4) is 0 Å². The van der Waals surface area contributed by atoms with Crippen LogP contribution < -0.4 is 5.43 Å². The van der Waals surface area contributed by atoms with E-state index in [1.165, 1.54) is 12.5 Å². The van der Waals surface area contributed by atoms with Gasteiger partial charge in [0.1, 0.15) is 11.5 Å². The van der Waals surface area contributed by atoms with Crippen LogP contribution in [-0.4, -0.2) is 22.3 Å². The Labute approximate surface area is 134 Å². The van der Waals surface area contributed by atoms with Crippen LogP contribution in [-0.2, 0) is 0 Å². The van der Waals surface area contributed by atoms with E-state index in [-0.39, 0.29) is 5.91 Å². The number of nitrogens with zero attached hydrogens (tertiary/aromatic N) is 2. The van der Waals surface area contributed by atoms with Gasteiger partial charge in [0, 0.05) is 10.0 Å². The van der Waals surface area contributed by atoms with Gasteiger partial charge in [0.25, 0.3) is 5.91 Å². The van der Waals surface area contributed by atoms with Gasteiger partial charge < -0.3 is 4.42 Å². The molecule has 0 saturated carbocycles. The van der Waals surface area contributed by atoms with Gasteiger partial charge in [-0.1, -0.05) is 28.1 Å². The maximum atomic E-state index is 11.9. The zero-order chi connectivity index (χ0) is 15.4. The molecule has 0 bridgehead atoms. The van der Waals surface area contributed by atoms with Crippen molar-refractivity contribution in [1.29, 1.82) is 0 Å². The topological polar surface area (TPSA) is 83.3 Å². The molecule has 3 aromatic rings. The summed E-state index contributed by atoms with van der Waals surface area (Å²) in [5.74, 6) is 0.180. The highest BCUT2D eigenvalue weighted by Crippen LogP contribution is 2.20. The van der Waals surface area contributed by atoms with Crippen LogP contribution in [0.4, 0.5) is 0 Å². The molecule has 0 aliphatic carbocycles. The zero-order valence-corrected chi connectivity index (χ0v) is 12.9. The van der Waals surface area contributed by atoms with Crippen LogP contribution in [0.2, 0.25) is 0 Å². The van der Waals surface area contributed by atoms with Crippen molar-refractivity contribution in [3.63, 3.8) is 0 Å². The molecular formula is C15H11BrN4O2. The Bertz CT molecular complexity index is 791. The lowest BCUT2D eigenvalue weighted by atomic mass is 10.1. The summed E-state index contributed by atoms with van der Waals surface area (Å²) >= 11 is 3.38. The number of H-pyrrole nitrogens is 1. The van der Waals surface area contributed by atoms with Crippen LogP contribution in [0, 0.1) is 0 Å². The summed E-state index contributed by atoms with van der Waals surface area (Å²) in [6.07, 6.45) is 2.95. The summed E-state index contributed by atoms with van der Waals surface area (Å²) in [5, 5.41) is 10.6. The fourth-order valence-electron chi connectivity index (χ4n) is 1.79. The van der Waals surface area contributed by atoms with Crippen molar-refractivity contribution in [2.24, 2.45) is 5.10 Å². The SMILES string of the molecule is O=C(NN=Cc1ccco1)c1cc(-c2ccc(Br)cc2)n[nH]1. The molecular weight excluding hydrogens is 348 g/mol. The van der Waals surface area contributed by atoms with Crippen molar-refractivity contribution in [3.05, 3.63) is 64.7 Å². The van der Waals surface area contributed by atoms with Crippen molar-refractivity contribution in [2.45, 2.75) is 0 Å². The molecule has 22 heavy (non-hydrogen) atoms. The molecule has 0 radical (unpaired) electrons. The molecule has 2 N–H and O–H groups in total. The lowest BCUT2D eigenvalue weighted by Crippen LogP contribution is -2.17. The van der Waals surface area contributed by atoms with E-state index < -0.39 is 0 Å². The molecule has 0 aliphatic rings. The first-order chi connectivity index (χ1) is 10.7. The summed E-state index contributed by atoms with van der Waals surface area (Å²) in [4.78, 5) is 11.9. The summed E-state index contributed by atoms with van der Waals surface area (Å²) in [6.45, 7) is 0. The van der Waals surface area contributed by atoms with Crippen LogP contribution in [0.1, 0.15) is 16.2 Å². The lowest BCUT2D eigenvalue weighted by Gasteiger charge is -1.95. The highest BCUT2D eigenvalue weighted by Gasteiger charge is 2.10. The van der Waals surface area contributed by atoms with Gasteiger partial charge in [-0.15, -0.1) is 0 Å². The van der Waals surface area contributed by atoms with Crippen molar-refractivity contribution in [3.8, 4) is 11.3 Å². The fraction of sp³-hybridized carbons (Fsp3) is 0. The number of aromatic amines is 1. The predicted molar refractivity (Wildman–Crippen MR) is 85.5 cm³/mol. The van der Waals surface area contributed by atoms with Gasteiger partial charge in [-0.3, -0.25) is 9.89 Å². The molecule has 0 aliphatic heterocycles. The number of aromatic nitrogens is 2. The van der Waals surface area contributed by atoms with E-state index in [2.05, 4.69) is 36.7 Å². The number of rotatable bonds is 4. The molecule has 1 amide bonds. The first-order valence-corrected chi connectivity index (χ1v) is 7.20. The average molecular weight is 359 g/mol. The molecule has 3 rings (SSSR count). The summed E-state index contributed by atoms with van der Waals surface area (Å²) < 4.78 is 6.05. The minimum Gasteiger partial charge on any atom is -0.463 e. The van der Waals surface area contributed by atoms with E-state index in [1.807, 2.05) is 24.3 Å². The van der Waals surface area contributed by atoms with E-state index in [0.717, 1.165) is 10.0 Å². The van der Waals surface area contributed by atoms with E-state index in [4.69, 9.17) is 4.42 Å². The highest BCUT2D eigenvalue weighted by atomic mass is 79.9. The second-order valence-electron chi connectivity index (χ2n) is 4.39. The Hall–Kier alpha value is -2.67. The first kappa shape index (κ1) is 14.3. The quantitative estimate of drug-likeness (QED) is 0.554. The number of nitrogens with one attached hydrogen (secondary N) is 2. The van der Waals surface area contributed by atoms with Crippen LogP contribution in [0.25, 0.3) is 11.3 Å². The number of amides is 1. The molecule has 0 spiro atoms. The van der Waals surface area contributed by atoms with E-state index in [0.29, 0.717) is 17.1 Å². The third-order valence-electron chi connectivity index (χ3n) is 2.86. The molecule has 2 heterocycles. The first-order valence-electron chi connectivity index (χ1n) is 6.40. The minimum atomic E-state index is -0.376. The second kappa shape index (κ2) is 6.40. The number of carbonyl (C=O) groups excluding carboxylic acids is 1. The van der Waals surface area contributed by atoms with Gasteiger partial charge in [-0.2, -0.15) is 10.2 Å². The Morgan fingerprint density at radius 3 is 2.86 bits per heavy atom. The maximum Gasteiger partial charge on any atom is 0.289 e. The monoisotopic (exact) mass is 358 g/mol. The molecule has 0 unspecified atom stereocenters. The molecule has 0 saturated heterocycles. The molecule has 110 valence electrons. The van der Waals surface area contributed by atoms with Crippen LogP contribution in [0.5, 0.6) is 0 Å². The molecule has 0 atom stereocenters. The van der Waals surface area contributed by atoms with Crippen molar-refractivity contribution in [2.75, 3.05) is 0 Å².